The predicted molar refractivity (Wildman–Crippen MR) is 98.7 cm³/mol. The Morgan fingerprint density at radius 3 is 2.63 bits per heavy atom. The molecule has 1 aliphatic heterocycles. The van der Waals surface area contributed by atoms with Gasteiger partial charge in [0.05, 0.1) is 23.1 Å². The van der Waals surface area contributed by atoms with Crippen molar-refractivity contribution in [1.29, 1.82) is 0 Å². The Hall–Kier alpha value is -3.08. The number of hydrogen-bond donors (Lipinski definition) is 0. The first-order chi connectivity index (χ1) is 12.9. The number of furan rings is 1. The van der Waals surface area contributed by atoms with Crippen molar-refractivity contribution in [1.82, 2.24) is 0 Å². The summed E-state index contributed by atoms with van der Waals surface area (Å²) in [6.07, 6.45) is 2.57. The zero-order valence-corrected chi connectivity index (χ0v) is 15.1. The summed E-state index contributed by atoms with van der Waals surface area (Å²) < 4.78 is 17.4. The maximum absolute atomic E-state index is 13.0. The van der Waals surface area contributed by atoms with Crippen LogP contribution < -0.4 is 10.4 Å². The van der Waals surface area contributed by atoms with E-state index in [1.807, 2.05) is 32.0 Å². The highest BCUT2D eigenvalue weighted by molar-refractivity contribution is 6.00. The van der Waals surface area contributed by atoms with Gasteiger partial charge in [-0.25, -0.2) is 4.79 Å². The third-order valence-electron chi connectivity index (χ3n) is 5.31. The van der Waals surface area contributed by atoms with E-state index in [0.717, 1.165) is 0 Å². The minimum absolute atomic E-state index is 0.0131. The van der Waals surface area contributed by atoms with E-state index in [2.05, 4.69) is 0 Å². The molecule has 1 aromatic carbocycles. The molecule has 0 N–H and O–H groups in total. The molecule has 136 valence electrons. The minimum Gasteiger partial charge on any atom is -0.468 e. The molecule has 3 heterocycles. The first-order valence-electron chi connectivity index (χ1n) is 8.98. The van der Waals surface area contributed by atoms with Crippen molar-refractivity contribution < 1.29 is 18.4 Å². The van der Waals surface area contributed by atoms with Gasteiger partial charge in [-0.2, -0.15) is 0 Å². The van der Waals surface area contributed by atoms with Crippen molar-refractivity contribution >= 4 is 16.8 Å². The Bertz CT molecular complexity index is 1160. The summed E-state index contributed by atoms with van der Waals surface area (Å²) in [7, 11) is 0. The summed E-state index contributed by atoms with van der Waals surface area (Å²) in [5, 5.41) is 0.714. The van der Waals surface area contributed by atoms with Crippen molar-refractivity contribution in [3.05, 3.63) is 75.7 Å². The predicted octanol–water partition coefficient (Wildman–Crippen LogP) is 4.55. The van der Waals surface area contributed by atoms with Gasteiger partial charge >= 0.3 is 5.63 Å². The Morgan fingerprint density at radius 2 is 1.85 bits per heavy atom. The summed E-state index contributed by atoms with van der Waals surface area (Å²) in [6.45, 7) is 4.10. The molecule has 5 rings (SSSR count). The average molecular weight is 362 g/mol. The van der Waals surface area contributed by atoms with E-state index in [9.17, 15) is 9.59 Å². The number of benzene rings is 1. The minimum atomic E-state index is -0.608. The number of carbonyl (C=O) groups excluding carboxylic acids is 1. The second kappa shape index (κ2) is 5.46. The van der Waals surface area contributed by atoms with Crippen molar-refractivity contribution in [2.24, 2.45) is 5.41 Å². The molecule has 1 atom stereocenters. The van der Waals surface area contributed by atoms with Crippen LogP contribution in [-0.4, -0.2) is 5.78 Å². The Balaban J connectivity index is 1.85. The quantitative estimate of drug-likeness (QED) is 0.594. The van der Waals surface area contributed by atoms with Crippen LogP contribution in [0.3, 0.4) is 0 Å². The van der Waals surface area contributed by atoms with E-state index in [4.69, 9.17) is 13.6 Å². The number of Topliss-reactive ketones (excluding diaryl/α,β-unsaturated/α-hetero) is 1. The van der Waals surface area contributed by atoms with Crippen molar-refractivity contribution in [2.75, 3.05) is 0 Å². The molecule has 1 aliphatic carbocycles. The molecule has 5 nitrogen and oxygen atoms in total. The molecule has 3 aromatic rings. The summed E-state index contributed by atoms with van der Waals surface area (Å²) >= 11 is 0. The van der Waals surface area contributed by atoms with Crippen LogP contribution in [0.1, 0.15) is 43.9 Å². The Kier molecular flexibility index (Phi) is 3.26. The molecule has 0 radical (unpaired) electrons. The number of fused-ring (bicyclic) bond motifs is 3. The SMILES string of the molecule is CC1(C)CC(=O)C2=C(C1)Oc1c(c(=O)oc3ccccc13)C2c1ccco1. The average Bonchev–Trinajstić information content (AvgIpc) is 3.13. The van der Waals surface area contributed by atoms with Gasteiger partial charge in [0.2, 0.25) is 0 Å². The van der Waals surface area contributed by atoms with Crippen LogP contribution >= 0.6 is 0 Å². The monoisotopic (exact) mass is 362 g/mol. The number of hydrogen-bond acceptors (Lipinski definition) is 5. The smallest absolute Gasteiger partial charge is 0.344 e. The summed E-state index contributed by atoms with van der Waals surface area (Å²) in [6, 6.07) is 10.8. The highest BCUT2D eigenvalue weighted by Crippen LogP contribution is 2.50. The lowest BCUT2D eigenvalue weighted by molar-refractivity contribution is -0.118. The van der Waals surface area contributed by atoms with Crippen LogP contribution in [0.5, 0.6) is 5.75 Å². The van der Waals surface area contributed by atoms with Crippen LogP contribution in [-0.2, 0) is 4.79 Å². The molecule has 2 aromatic heterocycles. The van der Waals surface area contributed by atoms with E-state index in [0.29, 0.717) is 52.2 Å². The molecule has 5 heteroatoms. The molecule has 1 unspecified atom stereocenters. The van der Waals surface area contributed by atoms with E-state index < -0.39 is 11.5 Å². The molecule has 0 saturated heterocycles. The van der Waals surface area contributed by atoms with E-state index >= 15 is 0 Å². The molecule has 0 bridgehead atoms. The van der Waals surface area contributed by atoms with Gasteiger partial charge in [-0.3, -0.25) is 4.79 Å². The summed E-state index contributed by atoms with van der Waals surface area (Å²) in [5.74, 6) is 1.01. The largest absolute Gasteiger partial charge is 0.468 e. The molecular weight excluding hydrogens is 344 g/mol. The van der Waals surface area contributed by atoms with Gasteiger partial charge < -0.3 is 13.6 Å². The zero-order chi connectivity index (χ0) is 18.8. The molecule has 27 heavy (non-hydrogen) atoms. The number of allylic oxidation sites excluding steroid dienone is 2. The lowest BCUT2D eigenvalue weighted by Gasteiger charge is -2.37. The number of rotatable bonds is 1. The fraction of sp³-hybridized carbons (Fsp3) is 0.273. The van der Waals surface area contributed by atoms with E-state index in [1.165, 1.54) is 0 Å². The van der Waals surface area contributed by atoms with Gasteiger partial charge in [-0.15, -0.1) is 0 Å². The fourth-order valence-electron chi connectivity index (χ4n) is 4.19. The maximum atomic E-state index is 13.0. The van der Waals surface area contributed by atoms with Crippen LogP contribution in [0.2, 0.25) is 0 Å². The van der Waals surface area contributed by atoms with Crippen LogP contribution in [0, 0.1) is 5.41 Å². The number of ketones is 1. The van der Waals surface area contributed by atoms with E-state index in [1.54, 1.807) is 24.5 Å². The fourth-order valence-corrected chi connectivity index (χ4v) is 4.19. The van der Waals surface area contributed by atoms with Gasteiger partial charge in [0.1, 0.15) is 22.9 Å². The Morgan fingerprint density at radius 1 is 1.04 bits per heavy atom. The van der Waals surface area contributed by atoms with E-state index in [-0.39, 0.29) is 11.2 Å². The third kappa shape index (κ3) is 2.38. The number of para-hydroxylation sites is 1. The van der Waals surface area contributed by atoms with Crippen molar-refractivity contribution in [2.45, 2.75) is 32.6 Å². The highest BCUT2D eigenvalue weighted by atomic mass is 16.5. The van der Waals surface area contributed by atoms with Gasteiger partial charge in [-0.1, -0.05) is 26.0 Å². The molecule has 0 spiro atoms. The lowest BCUT2D eigenvalue weighted by atomic mass is 9.71. The standard InChI is InChI=1S/C22H18O5/c1-22(2)10-13(23)17-16(11-22)26-20-12-6-3-4-7-14(12)27-21(24)19(20)18(17)15-8-5-9-25-15/h3-9,18H,10-11H2,1-2H3. The molecule has 0 saturated carbocycles. The van der Waals surface area contributed by atoms with Crippen molar-refractivity contribution in [3.63, 3.8) is 0 Å². The van der Waals surface area contributed by atoms with Gasteiger partial charge in [0.25, 0.3) is 0 Å². The van der Waals surface area contributed by atoms with Crippen LogP contribution in [0.15, 0.2) is 67.6 Å². The van der Waals surface area contributed by atoms with Gasteiger partial charge in [0, 0.05) is 18.4 Å². The summed E-state index contributed by atoms with van der Waals surface area (Å²) in [4.78, 5) is 25.9. The lowest BCUT2D eigenvalue weighted by Crippen LogP contribution is -2.34. The normalized spacial score (nSPS) is 21.0. The number of ether oxygens (including phenoxy) is 1. The molecule has 0 fully saturated rings. The zero-order valence-electron chi connectivity index (χ0n) is 15.1. The summed E-state index contributed by atoms with van der Waals surface area (Å²) in [5.41, 5.74) is 0.602. The van der Waals surface area contributed by atoms with Crippen LogP contribution in [0.4, 0.5) is 0 Å². The van der Waals surface area contributed by atoms with Gasteiger partial charge in [0.15, 0.2) is 5.78 Å². The molecular formula is C22H18O5. The third-order valence-corrected chi connectivity index (χ3v) is 5.31. The molecule has 2 aliphatic rings. The Labute approximate surface area is 155 Å². The second-order valence-electron chi connectivity index (χ2n) is 7.96. The molecule has 0 amide bonds. The first-order valence-corrected chi connectivity index (χ1v) is 8.98. The topological polar surface area (TPSA) is 69.7 Å². The highest BCUT2D eigenvalue weighted by Gasteiger charge is 2.45. The van der Waals surface area contributed by atoms with Crippen molar-refractivity contribution in [3.8, 4) is 5.75 Å². The maximum Gasteiger partial charge on any atom is 0.344 e. The second-order valence-corrected chi connectivity index (χ2v) is 7.96. The number of carbonyl (C=O) groups is 1. The van der Waals surface area contributed by atoms with Crippen LogP contribution in [0.25, 0.3) is 11.0 Å². The van der Waals surface area contributed by atoms with Gasteiger partial charge in [-0.05, 0) is 29.7 Å². The first kappa shape index (κ1) is 16.1.